The zero-order valence-corrected chi connectivity index (χ0v) is 11.8. The summed E-state index contributed by atoms with van der Waals surface area (Å²) in [5.41, 5.74) is 2.23. The van der Waals surface area contributed by atoms with Crippen LogP contribution in [-0.4, -0.2) is 42.4 Å². The van der Waals surface area contributed by atoms with Crippen molar-refractivity contribution < 1.29 is 9.59 Å². The Morgan fingerprint density at radius 2 is 2.00 bits per heavy atom. The average molecular weight is 273 g/mol. The van der Waals surface area contributed by atoms with Crippen LogP contribution in [0.1, 0.15) is 18.9 Å². The molecule has 5 nitrogen and oxygen atoms in total. The van der Waals surface area contributed by atoms with Gasteiger partial charge in [0.05, 0.1) is 6.42 Å². The smallest absolute Gasteiger partial charge is 0.252 e. The van der Waals surface area contributed by atoms with Crippen LogP contribution >= 0.6 is 0 Å². The Hall–Kier alpha value is -1.88. The first kappa shape index (κ1) is 13.1. The lowest BCUT2D eigenvalue weighted by Crippen LogP contribution is -2.45. The fourth-order valence-corrected chi connectivity index (χ4v) is 2.96. The maximum atomic E-state index is 12.3. The van der Waals surface area contributed by atoms with Crippen LogP contribution in [0.15, 0.2) is 24.3 Å². The minimum absolute atomic E-state index is 0.0951. The van der Waals surface area contributed by atoms with Crippen molar-refractivity contribution in [3.05, 3.63) is 29.8 Å². The van der Waals surface area contributed by atoms with Gasteiger partial charge in [0, 0.05) is 31.9 Å². The van der Waals surface area contributed by atoms with Gasteiger partial charge in [-0.2, -0.15) is 0 Å². The van der Waals surface area contributed by atoms with E-state index < -0.39 is 0 Å². The summed E-state index contributed by atoms with van der Waals surface area (Å²) in [6, 6.07) is 7.99. The average Bonchev–Trinajstić information content (AvgIpc) is 2.63. The van der Waals surface area contributed by atoms with Crippen molar-refractivity contribution in [1.29, 1.82) is 0 Å². The molecule has 2 amide bonds. The van der Waals surface area contributed by atoms with Crippen LogP contribution < -0.4 is 10.2 Å². The van der Waals surface area contributed by atoms with Crippen molar-refractivity contribution in [3.8, 4) is 0 Å². The Labute approximate surface area is 118 Å². The second-order valence-electron chi connectivity index (χ2n) is 5.57. The fourth-order valence-electron chi connectivity index (χ4n) is 2.96. The van der Waals surface area contributed by atoms with Gasteiger partial charge in [-0.1, -0.05) is 18.2 Å². The maximum Gasteiger partial charge on any atom is 0.252 e. The van der Waals surface area contributed by atoms with E-state index in [4.69, 9.17) is 0 Å². The summed E-state index contributed by atoms with van der Waals surface area (Å²) in [4.78, 5) is 27.4. The lowest BCUT2D eigenvalue weighted by atomic mass is 10.1. The minimum atomic E-state index is -0.365. The minimum Gasteiger partial charge on any atom is -0.357 e. The molecule has 1 fully saturated rings. The maximum absolute atomic E-state index is 12.3. The van der Waals surface area contributed by atoms with Crippen LogP contribution in [0.25, 0.3) is 0 Å². The van der Waals surface area contributed by atoms with Crippen molar-refractivity contribution in [2.24, 2.45) is 0 Å². The highest BCUT2D eigenvalue weighted by molar-refractivity contribution is 6.06. The molecule has 1 saturated heterocycles. The van der Waals surface area contributed by atoms with Gasteiger partial charge in [-0.25, -0.2) is 0 Å². The number of hydrogen-bond donors (Lipinski definition) is 1. The first-order valence-electron chi connectivity index (χ1n) is 6.96. The van der Waals surface area contributed by atoms with Gasteiger partial charge < -0.3 is 10.2 Å². The van der Waals surface area contributed by atoms with Crippen LogP contribution in [-0.2, 0) is 16.1 Å². The number of hydrogen-bond acceptors (Lipinski definition) is 4. The quantitative estimate of drug-likeness (QED) is 0.767. The molecule has 5 heteroatoms. The van der Waals surface area contributed by atoms with Gasteiger partial charge in [-0.3, -0.25) is 14.5 Å². The number of likely N-dealkylation sites (N-methyl/N-ethyl adjacent to an activating group) is 1. The topological polar surface area (TPSA) is 52.7 Å². The predicted octanol–water partition coefficient (Wildman–Crippen LogP) is 0.742. The fraction of sp³-hybridized carbons (Fsp3) is 0.467. The molecule has 0 aromatic heterocycles. The predicted molar refractivity (Wildman–Crippen MR) is 76.3 cm³/mol. The standard InChI is InChI=1S/C15H19N3O2/c1-10-9-18(13-7-14(19)17(2)15(13)20)12-6-4-3-5-11(12)8-16-10/h3-6,10,13,16H,7-9H2,1-2H3. The molecule has 2 heterocycles. The van der Waals surface area contributed by atoms with Crippen molar-refractivity contribution in [3.63, 3.8) is 0 Å². The van der Waals surface area contributed by atoms with Gasteiger partial charge in [0.25, 0.3) is 5.91 Å². The van der Waals surface area contributed by atoms with Gasteiger partial charge in [-0.05, 0) is 18.6 Å². The van der Waals surface area contributed by atoms with E-state index >= 15 is 0 Å². The summed E-state index contributed by atoms with van der Waals surface area (Å²) in [6.45, 7) is 3.62. The van der Waals surface area contributed by atoms with Crippen molar-refractivity contribution >= 4 is 17.5 Å². The monoisotopic (exact) mass is 273 g/mol. The number of para-hydroxylation sites is 1. The van der Waals surface area contributed by atoms with Crippen LogP contribution in [0.3, 0.4) is 0 Å². The molecule has 0 spiro atoms. The van der Waals surface area contributed by atoms with E-state index in [2.05, 4.69) is 23.2 Å². The number of nitrogens with zero attached hydrogens (tertiary/aromatic N) is 2. The highest BCUT2D eigenvalue weighted by atomic mass is 16.2. The van der Waals surface area contributed by atoms with Gasteiger partial charge >= 0.3 is 0 Å². The van der Waals surface area contributed by atoms with Crippen LogP contribution in [0, 0.1) is 0 Å². The van der Waals surface area contributed by atoms with E-state index in [1.165, 1.54) is 10.5 Å². The third kappa shape index (κ3) is 2.08. The normalized spacial score (nSPS) is 26.7. The third-order valence-corrected chi connectivity index (χ3v) is 4.15. The lowest BCUT2D eigenvalue weighted by molar-refractivity contribution is -0.136. The molecule has 1 aromatic carbocycles. The summed E-state index contributed by atoms with van der Waals surface area (Å²) in [7, 11) is 1.57. The second-order valence-corrected chi connectivity index (χ2v) is 5.57. The highest BCUT2D eigenvalue weighted by Gasteiger charge is 2.41. The molecule has 0 bridgehead atoms. The number of fused-ring (bicyclic) bond motifs is 1. The second kappa shape index (κ2) is 4.90. The first-order chi connectivity index (χ1) is 9.58. The lowest BCUT2D eigenvalue weighted by Gasteiger charge is -2.30. The van der Waals surface area contributed by atoms with Crippen LogP contribution in [0.2, 0.25) is 0 Å². The van der Waals surface area contributed by atoms with Gasteiger partial charge in [-0.15, -0.1) is 0 Å². The zero-order valence-electron chi connectivity index (χ0n) is 11.8. The number of anilines is 1. The number of rotatable bonds is 1. The molecule has 2 unspecified atom stereocenters. The van der Waals surface area contributed by atoms with E-state index in [0.717, 1.165) is 18.8 Å². The summed E-state index contributed by atoms with van der Waals surface area (Å²) in [6.07, 6.45) is 0.274. The molecule has 1 N–H and O–H groups in total. The first-order valence-corrected chi connectivity index (χ1v) is 6.96. The Morgan fingerprint density at radius 3 is 2.70 bits per heavy atom. The molecule has 2 aliphatic heterocycles. The number of carbonyl (C=O) groups is 2. The van der Waals surface area contributed by atoms with Gasteiger partial charge in [0.1, 0.15) is 6.04 Å². The van der Waals surface area contributed by atoms with Crippen LogP contribution in [0.5, 0.6) is 0 Å². The number of nitrogens with one attached hydrogen (secondary N) is 1. The Morgan fingerprint density at radius 1 is 1.25 bits per heavy atom. The molecule has 2 atom stereocenters. The largest absolute Gasteiger partial charge is 0.357 e. The molecular formula is C15H19N3O2. The van der Waals surface area contributed by atoms with Crippen molar-refractivity contribution in [2.45, 2.75) is 32.0 Å². The van der Waals surface area contributed by atoms with Crippen molar-refractivity contribution in [1.82, 2.24) is 10.2 Å². The van der Waals surface area contributed by atoms with Gasteiger partial charge in [0.2, 0.25) is 5.91 Å². The molecule has 3 rings (SSSR count). The summed E-state index contributed by atoms with van der Waals surface area (Å²) >= 11 is 0. The zero-order chi connectivity index (χ0) is 14.3. The van der Waals surface area contributed by atoms with Crippen molar-refractivity contribution in [2.75, 3.05) is 18.5 Å². The van der Waals surface area contributed by atoms with Gasteiger partial charge in [0.15, 0.2) is 0 Å². The van der Waals surface area contributed by atoms with E-state index in [-0.39, 0.29) is 30.3 Å². The highest BCUT2D eigenvalue weighted by Crippen LogP contribution is 2.29. The Bertz CT molecular complexity index is 558. The number of likely N-dealkylation sites (tertiary alicyclic amines) is 1. The summed E-state index contributed by atoms with van der Waals surface area (Å²) < 4.78 is 0. The number of amides is 2. The summed E-state index contributed by atoms with van der Waals surface area (Å²) in [5, 5.41) is 3.44. The number of imide groups is 1. The van der Waals surface area contributed by atoms with Crippen LogP contribution in [0.4, 0.5) is 5.69 Å². The molecule has 1 aromatic rings. The third-order valence-electron chi connectivity index (χ3n) is 4.15. The number of benzene rings is 1. The molecule has 0 saturated carbocycles. The molecule has 20 heavy (non-hydrogen) atoms. The van der Waals surface area contributed by atoms with E-state index in [9.17, 15) is 9.59 Å². The Balaban J connectivity index is 1.99. The van der Waals surface area contributed by atoms with E-state index in [0.29, 0.717) is 0 Å². The molecule has 2 aliphatic rings. The van der Waals surface area contributed by atoms with E-state index in [1.54, 1.807) is 7.05 Å². The SMILES string of the molecule is CC1CN(C2CC(=O)N(C)C2=O)c2ccccc2CN1. The summed E-state index contributed by atoms with van der Waals surface area (Å²) in [5.74, 6) is -0.193. The number of carbonyl (C=O) groups excluding carboxylic acids is 2. The van der Waals surface area contributed by atoms with E-state index in [1.807, 2.05) is 18.2 Å². The molecule has 106 valence electrons. The molecule has 0 radical (unpaired) electrons. The molecule has 0 aliphatic carbocycles. The Kier molecular flexibility index (Phi) is 3.22. The molecular weight excluding hydrogens is 254 g/mol.